The van der Waals surface area contributed by atoms with E-state index in [-0.39, 0.29) is 0 Å². The Morgan fingerprint density at radius 2 is 2.78 bits per heavy atom. The van der Waals surface area contributed by atoms with E-state index in [1.165, 1.54) is 0 Å². The first kappa shape index (κ1) is 6.29. The van der Waals surface area contributed by atoms with Gasteiger partial charge in [0.05, 0.1) is 6.54 Å². The fourth-order valence-corrected chi connectivity index (χ4v) is 0.716. The molecule has 50 valence electrons. The van der Waals surface area contributed by atoms with Crippen molar-refractivity contribution in [2.45, 2.75) is 0 Å². The van der Waals surface area contributed by atoms with Crippen molar-refractivity contribution in [2.75, 3.05) is 20.1 Å². The molecular formula is C6H11N3. The SMILES string of the molecule is CNCC1=CN=CCN1. The van der Waals surface area contributed by atoms with Gasteiger partial charge in [-0.15, -0.1) is 0 Å². The fraction of sp³-hybridized carbons (Fsp3) is 0.500. The first-order chi connectivity index (χ1) is 4.43. The molecule has 0 fully saturated rings. The minimum Gasteiger partial charge on any atom is -0.381 e. The maximum Gasteiger partial charge on any atom is 0.0501 e. The van der Waals surface area contributed by atoms with Crippen molar-refractivity contribution >= 4 is 6.21 Å². The Labute approximate surface area is 54.9 Å². The van der Waals surface area contributed by atoms with Gasteiger partial charge in [-0.25, -0.2) is 0 Å². The maximum absolute atomic E-state index is 3.99. The van der Waals surface area contributed by atoms with Gasteiger partial charge in [0.2, 0.25) is 0 Å². The van der Waals surface area contributed by atoms with E-state index in [4.69, 9.17) is 0 Å². The van der Waals surface area contributed by atoms with Crippen LogP contribution < -0.4 is 10.6 Å². The van der Waals surface area contributed by atoms with Crippen LogP contribution >= 0.6 is 0 Å². The fourth-order valence-electron chi connectivity index (χ4n) is 0.716. The van der Waals surface area contributed by atoms with E-state index in [0.29, 0.717) is 0 Å². The van der Waals surface area contributed by atoms with Gasteiger partial charge in [-0.3, -0.25) is 4.99 Å². The minimum absolute atomic E-state index is 0.855. The van der Waals surface area contributed by atoms with Crippen LogP contribution in [0.5, 0.6) is 0 Å². The molecule has 1 heterocycles. The van der Waals surface area contributed by atoms with E-state index in [2.05, 4.69) is 15.6 Å². The van der Waals surface area contributed by atoms with Crippen LogP contribution in [-0.4, -0.2) is 26.4 Å². The highest BCUT2D eigenvalue weighted by atomic mass is 15.0. The highest BCUT2D eigenvalue weighted by molar-refractivity contribution is 5.62. The Kier molecular flexibility index (Phi) is 2.27. The smallest absolute Gasteiger partial charge is 0.0501 e. The summed E-state index contributed by atoms with van der Waals surface area (Å²) < 4.78 is 0. The number of nitrogens with one attached hydrogen (secondary N) is 2. The number of nitrogens with zero attached hydrogens (tertiary/aromatic N) is 1. The first-order valence-corrected chi connectivity index (χ1v) is 3.02. The summed E-state index contributed by atoms with van der Waals surface area (Å²) in [6, 6.07) is 0. The average Bonchev–Trinajstić information content (AvgIpc) is 1.91. The molecule has 0 aromatic carbocycles. The molecule has 0 spiro atoms. The molecule has 0 bridgehead atoms. The van der Waals surface area contributed by atoms with Gasteiger partial charge in [-0.2, -0.15) is 0 Å². The third-order valence-electron chi connectivity index (χ3n) is 1.12. The molecule has 0 aromatic rings. The normalized spacial score (nSPS) is 16.8. The Balaban J connectivity index is 2.38. The molecule has 0 aromatic heterocycles. The molecule has 0 amide bonds. The average molecular weight is 125 g/mol. The van der Waals surface area contributed by atoms with Crippen LogP contribution in [0.2, 0.25) is 0 Å². The zero-order chi connectivity index (χ0) is 6.53. The number of hydrogen-bond donors (Lipinski definition) is 2. The van der Waals surface area contributed by atoms with Gasteiger partial charge >= 0.3 is 0 Å². The van der Waals surface area contributed by atoms with Crippen LogP contribution in [0.1, 0.15) is 0 Å². The number of hydrogen-bond acceptors (Lipinski definition) is 3. The van der Waals surface area contributed by atoms with Gasteiger partial charge < -0.3 is 10.6 Å². The second-order valence-electron chi connectivity index (χ2n) is 1.90. The summed E-state index contributed by atoms with van der Waals surface area (Å²) in [6.07, 6.45) is 3.68. The van der Waals surface area contributed by atoms with Crippen LogP contribution in [0.25, 0.3) is 0 Å². The predicted octanol–water partition coefficient (Wildman–Crippen LogP) is -0.279. The molecule has 2 N–H and O–H groups in total. The van der Waals surface area contributed by atoms with E-state index >= 15 is 0 Å². The Morgan fingerprint density at radius 3 is 3.33 bits per heavy atom. The molecule has 9 heavy (non-hydrogen) atoms. The Bertz CT molecular complexity index is 137. The molecule has 1 rings (SSSR count). The molecule has 3 heteroatoms. The van der Waals surface area contributed by atoms with Gasteiger partial charge in [0, 0.05) is 24.7 Å². The maximum atomic E-state index is 3.99. The van der Waals surface area contributed by atoms with Gasteiger partial charge in [-0.1, -0.05) is 0 Å². The second-order valence-corrected chi connectivity index (χ2v) is 1.90. The molecule has 3 nitrogen and oxygen atoms in total. The molecule has 0 saturated carbocycles. The molecule has 0 unspecified atom stereocenters. The topological polar surface area (TPSA) is 36.4 Å². The van der Waals surface area contributed by atoms with Crippen molar-refractivity contribution < 1.29 is 0 Å². The van der Waals surface area contributed by atoms with Crippen LogP contribution in [0.3, 0.4) is 0 Å². The summed E-state index contributed by atoms with van der Waals surface area (Å²) in [5, 5.41) is 6.20. The van der Waals surface area contributed by atoms with Crippen molar-refractivity contribution in [2.24, 2.45) is 4.99 Å². The van der Waals surface area contributed by atoms with Crippen LogP contribution in [-0.2, 0) is 0 Å². The Morgan fingerprint density at radius 1 is 1.89 bits per heavy atom. The number of rotatable bonds is 2. The Hall–Kier alpha value is -0.830. The van der Waals surface area contributed by atoms with Crippen molar-refractivity contribution in [1.29, 1.82) is 0 Å². The lowest BCUT2D eigenvalue weighted by Gasteiger charge is -2.09. The van der Waals surface area contributed by atoms with Crippen molar-refractivity contribution in [3.05, 3.63) is 11.9 Å². The van der Waals surface area contributed by atoms with Gasteiger partial charge in [0.1, 0.15) is 0 Å². The molecule has 0 atom stereocenters. The molecule has 1 aliphatic rings. The molecule has 0 aliphatic carbocycles. The lowest BCUT2D eigenvalue weighted by Crippen LogP contribution is -2.25. The van der Waals surface area contributed by atoms with Crippen molar-refractivity contribution in [1.82, 2.24) is 10.6 Å². The highest BCUT2D eigenvalue weighted by Gasteiger charge is 1.94. The van der Waals surface area contributed by atoms with Gasteiger partial charge in [0.15, 0.2) is 0 Å². The van der Waals surface area contributed by atoms with E-state index in [0.717, 1.165) is 18.8 Å². The van der Waals surface area contributed by atoms with Crippen molar-refractivity contribution in [3.63, 3.8) is 0 Å². The quantitative estimate of drug-likeness (QED) is 0.532. The lowest BCUT2D eigenvalue weighted by molar-refractivity contribution is 0.783. The lowest BCUT2D eigenvalue weighted by atomic mass is 10.4. The van der Waals surface area contributed by atoms with Gasteiger partial charge in [-0.05, 0) is 7.05 Å². The summed E-state index contributed by atoms with van der Waals surface area (Å²) >= 11 is 0. The minimum atomic E-state index is 0.855. The summed E-state index contributed by atoms with van der Waals surface area (Å²) in [5.74, 6) is 0. The van der Waals surface area contributed by atoms with Crippen molar-refractivity contribution in [3.8, 4) is 0 Å². The molecular weight excluding hydrogens is 114 g/mol. The number of aliphatic imine (C=N–C) groups is 1. The zero-order valence-electron chi connectivity index (χ0n) is 5.52. The van der Waals surface area contributed by atoms with Crippen LogP contribution in [0, 0.1) is 0 Å². The van der Waals surface area contributed by atoms with E-state index in [9.17, 15) is 0 Å². The third kappa shape index (κ3) is 1.85. The molecule has 0 radical (unpaired) electrons. The van der Waals surface area contributed by atoms with Crippen LogP contribution in [0.15, 0.2) is 16.9 Å². The number of likely N-dealkylation sites (N-methyl/N-ethyl adjacent to an activating group) is 1. The van der Waals surface area contributed by atoms with E-state index in [1.807, 2.05) is 19.5 Å². The summed E-state index contributed by atoms with van der Waals surface area (Å²) in [4.78, 5) is 3.99. The third-order valence-corrected chi connectivity index (χ3v) is 1.12. The zero-order valence-corrected chi connectivity index (χ0v) is 5.52. The second kappa shape index (κ2) is 3.25. The summed E-state index contributed by atoms with van der Waals surface area (Å²) in [5.41, 5.74) is 1.15. The van der Waals surface area contributed by atoms with Gasteiger partial charge in [0.25, 0.3) is 0 Å². The summed E-state index contributed by atoms with van der Waals surface area (Å²) in [6.45, 7) is 1.73. The monoisotopic (exact) mass is 125 g/mol. The molecule has 0 saturated heterocycles. The summed E-state index contributed by atoms with van der Waals surface area (Å²) in [7, 11) is 1.92. The molecule has 1 aliphatic heterocycles. The van der Waals surface area contributed by atoms with E-state index in [1.54, 1.807) is 0 Å². The van der Waals surface area contributed by atoms with Crippen LogP contribution in [0.4, 0.5) is 0 Å². The standard InChI is InChI=1S/C6H11N3/c1-7-4-6-5-8-2-3-9-6/h2,5,7,9H,3-4H2,1H3. The van der Waals surface area contributed by atoms with E-state index < -0.39 is 0 Å². The predicted molar refractivity (Wildman–Crippen MR) is 38.5 cm³/mol. The highest BCUT2D eigenvalue weighted by Crippen LogP contribution is 1.89. The first-order valence-electron chi connectivity index (χ1n) is 3.02. The largest absolute Gasteiger partial charge is 0.381 e.